The zero-order chi connectivity index (χ0) is 12.1. The summed E-state index contributed by atoms with van der Waals surface area (Å²) in [4.78, 5) is 12.2. The van der Waals surface area contributed by atoms with Crippen LogP contribution in [0.2, 0.25) is 0 Å². The van der Waals surface area contributed by atoms with Crippen LogP contribution in [-0.2, 0) is 6.54 Å². The highest BCUT2D eigenvalue weighted by molar-refractivity contribution is 14.0. The minimum Gasteiger partial charge on any atom is -0.357 e. The number of nitrogens with zero attached hydrogens (tertiary/aromatic N) is 3. The van der Waals surface area contributed by atoms with Crippen LogP contribution in [0.15, 0.2) is 4.99 Å². The van der Waals surface area contributed by atoms with Crippen molar-refractivity contribution in [2.45, 2.75) is 27.3 Å². The summed E-state index contributed by atoms with van der Waals surface area (Å²) in [5.41, 5.74) is 1.12. The maximum absolute atomic E-state index is 4.52. The number of hydrogen-bond acceptors (Lipinski definition) is 3. The van der Waals surface area contributed by atoms with Crippen LogP contribution in [0, 0.1) is 13.8 Å². The van der Waals surface area contributed by atoms with Gasteiger partial charge in [0, 0.05) is 25.5 Å². The molecular weight excluding hydrogens is 347 g/mol. The Balaban J connectivity index is 0.00000256. The van der Waals surface area contributed by atoms with E-state index in [0.717, 1.165) is 23.2 Å². The predicted molar refractivity (Wildman–Crippen MR) is 85.5 cm³/mol. The maximum Gasteiger partial charge on any atom is 0.193 e. The highest BCUT2D eigenvalue weighted by Gasteiger charge is 2.04. The monoisotopic (exact) mass is 368 g/mol. The zero-order valence-electron chi connectivity index (χ0n) is 11.1. The lowest BCUT2D eigenvalue weighted by Crippen LogP contribution is -2.36. The Labute approximate surface area is 125 Å². The van der Waals surface area contributed by atoms with E-state index in [9.17, 15) is 0 Å². The van der Waals surface area contributed by atoms with Gasteiger partial charge >= 0.3 is 0 Å². The van der Waals surface area contributed by atoms with Gasteiger partial charge in [0.2, 0.25) is 0 Å². The summed E-state index contributed by atoms with van der Waals surface area (Å²) in [5, 5.41) is 4.30. The molecule has 4 nitrogen and oxygen atoms in total. The van der Waals surface area contributed by atoms with Crippen LogP contribution in [0.25, 0.3) is 0 Å². The van der Waals surface area contributed by atoms with Gasteiger partial charge in [-0.05, 0) is 20.8 Å². The zero-order valence-corrected chi connectivity index (χ0v) is 14.2. The number of thiazole rings is 1. The average molecular weight is 368 g/mol. The van der Waals surface area contributed by atoms with Gasteiger partial charge in [-0.15, -0.1) is 35.3 Å². The number of guanidine groups is 1. The molecule has 98 valence electrons. The minimum absolute atomic E-state index is 0. The van der Waals surface area contributed by atoms with Crippen molar-refractivity contribution < 1.29 is 0 Å². The lowest BCUT2D eigenvalue weighted by molar-refractivity contribution is 0.583. The minimum atomic E-state index is 0. The van der Waals surface area contributed by atoms with E-state index in [1.54, 1.807) is 11.3 Å². The van der Waals surface area contributed by atoms with E-state index in [-0.39, 0.29) is 24.0 Å². The van der Waals surface area contributed by atoms with Gasteiger partial charge < -0.3 is 10.2 Å². The van der Waals surface area contributed by atoms with Crippen molar-refractivity contribution in [3.8, 4) is 0 Å². The number of nitrogens with one attached hydrogen (secondary N) is 1. The Morgan fingerprint density at radius 3 is 2.47 bits per heavy atom. The summed E-state index contributed by atoms with van der Waals surface area (Å²) in [7, 11) is 3.97. The summed E-state index contributed by atoms with van der Waals surface area (Å²) >= 11 is 1.72. The molecule has 6 heteroatoms. The van der Waals surface area contributed by atoms with E-state index in [0.29, 0.717) is 6.54 Å². The van der Waals surface area contributed by atoms with E-state index in [4.69, 9.17) is 0 Å². The Hall–Kier alpha value is -0.370. The molecule has 0 atom stereocenters. The second-order valence-electron chi connectivity index (χ2n) is 3.81. The molecule has 1 heterocycles. The predicted octanol–water partition coefficient (Wildman–Crippen LogP) is 2.41. The van der Waals surface area contributed by atoms with E-state index in [1.165, 1.54) is 4.88 Å². The van der Waals surface area contributed by atoms with E-state index < -0.39 is 0 Å². The fourth-order valence-corrected chi connectivity index (χ4v) is 2.12. The van der Waals surface area contributed by atoms with Crippen molar-refractivity contribution >= 4 is 41.3 Å². The molecule has 1 rings (SSSR count). The van der Waals surface area contributed by atoms with Gasteiger partial charge in [-0.1, -0.05) is 0 Å². The van der Waals surface area contributed by atoms with Gasteiger partial charge in [0.1, 0.15) is 5.01 Å². The molecule has 17 heavy (non-hydrogen) atoms. The molecule has 0 fully saturated rings. The van der Waals surface area contributed by atoms with Crippen LogP contribution in [0.4, 0.5) is 0 Å². The molecule has 0 bridgehead atoms. The van der Waals surface area contributed by atoms with Crippen LogP contribution >= 0.6 is 35.3 Å². The molecule has 0 saturated heterocycles. The van der Waals surface area contributed by atoms with E-state index >= 15 is 0 Å². The highest BCUT2D eigenvalue weighted by atomic mass is 127. The summed E-state index contributed by atoms with van der Waals surface area (Å²) in [5.74, 6) is 0.910. The Morgan fingerprint density at radius 2 is 2.06 bits per heavy atom. The molecule has 0 unspecified atom stereocenters. The number of aromatic nitrogens is 1. The number of hydrogen-bond donors (Lipinski definition) is 1. The largest absolute Gasteiger partial charge is 0.357 e. The Bertz CT molecular complexity index is 354. The molecule has 1 aromatic rings. The van der Waals surface area contributed by atoms with Crippen LogP contribution in [0.1, 0.15) is 22.5 Å². The third-order valence-corrected chi connectivity index (χ3v) is 3.25. The molecule has 0 aliphatic rings. The molecule has 1 aromatic heterocycles. The second-order valence-corrected chi connectivity index (χ2v) is 5.10. The fourth-order valence-electron chi connectivity index (χ4n) is 1.26. The fraction of sp³-hybridized carbons (Fsp3) is 0.636. The summed E-state index contributed by atoms with van der Waals surface area (Å²) < 4.78 is 0. The first-order valence-corrected chi connectivity index (χ1v) is 6.24. The molecule has 0 aliphatic heterocycles. The van der Waals surface area contributed by atoms with Crippen molar-refractivity contribution in [1.82, 2.24) is 15.2 Å². The average Bonchev–Trinajstić information content (AvgIpc) is 2.53. The van der Waals surface area contributed by atoms with Crippen molar-refractivity contribution in [1.29, 1.82) is 0 Å². The van der Waals surface area contributed by atoms with Gasteiger partial charge in [0.15, 0.2) is 5.96 Å². The normalized spacial score (nSPS) is 11.0. The van der Waals surface area contributed by atoms with Gasteiger partial charge in [-0.25, -0.2) is 9.98 Å². The van der Waals surface area contributed by atoms with E-state index in [2.05, 4.69) is 29.1 Å². The molecule has 0 saturated carbocycles. The smallest absolute Gasteiger partial charge is 0.193 e. The van der Waals surface area contributed by atoms with Crippen molar-refractivity contribution in [2.75, 3.05) is 20.6 Å². The summed E-state index contributed by atoms with van der Waals surface area (Å²) in [6.07, 6.45) is 0. The van der Waals surface area contributed by atoms with Crippen LogP contribution < -0.4 is 5.32 Å². The lowest BCUT2D eigenvalue weighted by Gasteiger charge is -2.16. The topological polar surface area (TPSA) is 40.5 Å². The standard InChI is InChI=1S/C11H20N4S.HI/c1-6-12-11(15(4)5)13-7-10-14-8(2)9(3)16-10;/h6-7H2,1-5H3,(H,12,13);1H. The molecule has 0 aromatic carbocycles. The van der Waals surface area contributed by atoms with Crippen molar-refractivity contribution in [3.63, 3.8) is 0 Å². The van der Waals surface area contributed by atoms with Gasteiger partial charge in [0.25, 0.3) is 0 Å². The Kier molecular flexibility index (Phi) is 7.69. The van der Waals surface area contributed by atoms with E-state index in [1.807, 2.05) is 25.9 Å². The number of rotatable bonds is 3. The number of aliphatic imine (C=N–C) groups is 1. The molecule has 1 N–H and O–H groups in total. The molecule has 0 aliphatic carbocycles. The second kappa shape index (κ2) is 7.86. The van der Waals surface area contributed by atoms with Gasteiger partial charge in [-0.2, -0.15) is 0 Å². The van der Waals surface area contributed by atoms with Crippen LogP contribution in [0.3, 0.4) is 0 Å². The quantitative estimate of drug-likeness (QED) is 0.506. The summed E-state index contributed by atoms with van der Waals surface area (Å²) in [6.45, 7) is 7.73. The highest BCUT2D eigenvalue weighted by Crippen LogP contribution is 2.16. The first kappa shape index (κ1) is 16.6. The van der Waals surface area contributed by atoms with Crippen LogP contribution in [-0.4, -0.2) is 36.5 Å². The SMILES string of the molecule is CCNC(=NCc1nc(C)c(C)s1)N(C)C.I. The first-order valence-electron chi connectivity index (χ1n) is 5.43. The first-order chi connectivity index (χ1) is 7.54. The number of halogens is 1. The summed E-state index contributed by atoms with van der Waals surface area (Å²) in [6, 6.07) is 0. The van der Waals surface area contributed by atoms with Gasteiger partial charge in [-0.3, -0.25) is 0 Å². The van der Waals surface area contributed by atoms with Crippen molar-refractivity contribution in [2.24, 2.45) is 4.99 Å². The number of aryl methyl sites for hydroxylation is 2. The third-order valence-electron chi connectivity index (χ3n) is 2.20. The van der Waals surface area contributed by atoms with Crippen molar-refractivity contribution in [3.05, 3.63) is 15.6 Å². The molecule has 0 spiro atoms. The molecule has 0 amide bonds. The lowest BCUT2D eigenvalue weighted by atomic mass is 10.4. The van der Waals surface area contributed by atoms with Gasteiger partial charge in [0.05, 0.1) is 12.2 Å². The molecular formula is C11H21IN4S. The maximum atomic E-state index is 4.52. The third kappa shape index (κ3) is 5.20. The Morgan fingerprint density at radius 1 is 1.41 bits per heavy atom. The molecule has 0 radical (unpaired) electrons. The van der Waals surface area contributed by atoms with Crippen LogP contribution in [0.5, 0.6) is 0 Å².